The van der Waals surface area contributed by atoms with Crippen LogP contribution < -0.4 is 0 Å². The molecule has 1 aromatic heterocycles. The fraction of sp³-hybridized carbons (Fsp3) is 0.750. The number of aryl methyl sites for hydroxylation is 1. The molecule has 5 nitrogen and oxygen atoms in total. The van der Waals surface area contributed by atoms with Crippen molar-refractivity contribution in [2.24, 2.45) is 0 Å². The first kappa shape index (κ1) is 18.1. The maximum absolute atomic E-state index is 14.0. The number of halogens is 1. The predicted molar refractivity (Wildman–Crippen MR) is 95.1 cm³/mol. The minimum Gasteiger partial charge on any atom is -0.379 e. The molecule has 0 unspecified atom stereocenters. The second-order valence-electron chi connectivity index (χ2n) is 6.80. The summed E-state index contributed by atoms with van der Waals surface area (Å²) in [6.45, 7) is 3.48. The molecule has 0 aromatic carbocycles. The van der Waals surface area contributed by atoms with Crippen LogP contribution in [0, 0.1) is 6.92 Å². The molecule has 0 radical (unpaired) electrons. The number of likely N-dealkylation sites (tertiary alicyclic amines) is 1. The Morgan fingerprint density at radius 2 is 2.42 bits per heavy atom. The zero-order valence-corrected chi connectivity index (χ0v) is 15.7. The first-order valence-corrected chi connectivity index (χ1v) is 10.3. The largest absolute Gasteiger partial charge is 0.379 e. The van der Waals surface area contributed by atoms with E-state index in [0.717, 1.165) is 16.3 Å². The van der Waals surface area contributed by atoms with E-state index >= 15 is 0 Å². The summed E-state index contributed by atoms with van der Waals surface area (Å²) < 4.78 is 14.0. The average Bonchev–Trinajstić information content (AvgIpc) is 3.22. The molecule has 8 heteroatoms. The fourth-order valence-electron chi connectivity index (χ4n) is 3.45. The van der Waals surface area contributed by atoms with E-state index < -0.39 is 11.8 Å². The van der Waals surface area contributed by atoms with Gasteiger partial charge in [0.2, 0.25) is 0 Å². The van der Waals surface area contributed by atoms with Crippen molar-refractivity contribution in [3.8, 4) is 0 Å². The summed E-state index contributed by atoms with van der Waals surface area (Å²) >= 11 is 3.19. The van der Waals surface area contributed by atoms with E-state index in [2.05, 4.69) is 9.88 Å². The summed E-state index contributed by atoms with van der Waals surface area (Å²) in [7, 11) is 1.71. The zero-order chi connectivity index (χ0) is 17.3. The third-order valence-corrected chi connectivity index (χ3v) is 6.99. The van der Waals surface area contributed by atoms with Gasteiger partial charge in [0.25, 0.3) is 5.91 Å². The van der Waals surface area contributed by atoms with Crippen LogP contribution in [0.2, 0.25) is 0 Å². The Labute approximate surface area is 150 Å². The summed E-state index contributed by atoms with van der Waals surface area (Å²) in [6, 6.07) is -0.0203. The van der Waals surface area contributed by atoms with Crippen molar-refractivity contribution >= 4 is 29.0 Å². The van der Waals surface area contributed by atoms with Gasteiger partial charge in [0.05, 0.1) is 11.2 Å². The van der Waals surface area contributed by atoms with Crippen LogP contribution in [0.15, 0.2) is 5.51 Å². The van der Waals surface area contributed by atoms with Gasteiger partial charge in [-0.1, -0.05) is 0 Å². The van der Waals surface area contributed by atoms with Crippen molar-refractivity contribution in [3.05, 3.63) is 16.1 Å². The molecule has 2 aliphatic heterocycles. The average molecular weight is 374 g/mol. The second kappa shape index (κ2) is 7.27. The Bertz CT molecular complexity index is 592. The van der Waals surface area contributed by atoms with Crippen LogP contribution in [0.4, 0.5) is 4.39 Å². The molecule has 0 bridgehead atoms. The Kier molecular flexibility index (Phi) is 5.48. The molecule has 2 aliphatic rings. The molecule has 3 rings (SSSR count). The lowest BCUT2D eigenvalue weighted by Gasteiger charge is -2.32. The lowest BCUT2D eigenvalue weighted by atomic mass is 10.0. The Hall–Kier alpha value is -0.700. The number of hydrogen-bond acceptors (Lipinski definition) is 6. The number of alkyl halides is 1. The SMILES string of the molecule is Cc1ncsc1CN1C[C@@H](F)C[C@H]1CN(C)C(=O)[C@]1(O)CCSC1. The second-order valence-corrected chi connectivity index (χ2v) is 8.84. The van der Waals surface area contributed by atoms with Crippen LogP contribution >= 0.6 is 23.1 Å². The molecule has 0 saturated carbocycles. The number of carbonyl (C=O) groups is 1. The van der Waals surface area contributed by atoms with Crippen molar-refractivity contribution in [1.29, 1.82) is 0 Å². The summed E-state index contributed by atoms with van der Waals surface area (Å²) in [5, 5.41) is 10.5. The molecule has 3 heterocycles. The number of rotatable bonds is 5. The smallest absolute Gasteiger partial charge is 0.255 e. The van der Waals surface area contributed by atoms with Crippen molar-refractivity contribution in [1.82, 2.24) is 14.8 Å². The lowest BCUT2D eigenvalue weighted by molar-refractivity contribution is -0.148. The van der Waals surface area contributed by atoms with Gasteiger partial charge in [-0.2, -0.15) is 11.8 Å². The number of thioether (sulfide) groups is 1. The normalized spacial score (nSPS) is 30.8. The van der Waals surface area contributed by atoms with Crippen LogP contribution in [0.5, 0.6) is 0 Å². The van der Waals surface area contributed by atoms with Crippen LogP contribution in [0.1, 0.15) is 23.4 Å². The number of nitrogens with zero attached hydrogens (tertiary/aromatic N) is 3. The van der Waals surface area contributed by atoms with Gasteiger partial charge >= 0.3 is 0 Å². The van der Waals surface area contributed by atoms with Crippen LogP contribution in [-0.2, 0) is 11.3 Å². The van der Waals surface area contributed by atoms with E-state index in [1.54, 1.807) is 35.0 Å². The Morgan fingerprint density at radius 1 is 1.62 bits per heavy atom. The number of likely N-dealkylation sites (N-methyl/N-ethyl adjacent to an activating group) is 1. The van der Waals surface area contributed by atoms with Crippen molar-refractivity contribution in [2.75, 3.05) is 31.6 Å². The first-order chi connectivity index (χ1) is 11.4. The summed E-state index contributed by atoms with van der Waals surface area (Å²) in [6.07, 6.45) is 0.0702. The molecule has 1 amide bonds. The Morgan fingerprint density at radius 3 is 3.04 bits per heavy atom. The van der Waals surface area contributed by atoms with Crippen LogP contribution in [0.3, 0.4) is 0 Å². The predicted octanol–water partition coefficient (Wildman–Crippen LogP) is 1.69. The number of hydrogen-bond donors (Lipinski definition) is 1. The van der Waals surface area contributed by atoms with E-state index in [-0.39, 0.29) is 11.9 Å². The minimum atomic E-state index is -1.24. The highest BCUT2D eigenvalue weighted by molar-refractivity contribution is 7.99. The zero-order valence-electron chi connectivity index (χ0n) is 14.1. The minimum absolute atomic E-state index is 0.0203. The molecule has 2 saturated heterocycles. The summed E-state index contributed by atoms with van der Waals surface area (Å²) in [4.78, 5) is 21.6. The van der Waals surface area contributed by atoms with Gasteiger partial charge in [0, 0.05) is 43.4 Å². The van der Waals surface area contributed by atoms with E-state index in [4.69, 9.17) is 0 Å². The molecule has 24 heavy (non-hydrogen) atoms. The van der Waals surface area contributed by atoms with E-state index in [1.165, 1.54) is 0 Å². The van der Waals surface area contributed by atoms with Crippen LogP contribution in [0.25, 0.3) is 0 Å². The van der Waals surface area contributed by atoms with E-state index in [9.17, 15) is 14.3 Å². The third-order valence-electron chi connectivity index (χ3n) is 4.90. The van der Waals surface area contributed by atoms with Gasteiger partial charge in [-0.05, 0) is 25.5 Å². The summed E-state index contributed by atoms with van der Waals surface area (Å²) in [5.41, 5.74) is 1.56. The van der Waals surface area contributed by atoms with Gasteiger partial charge < -0.3 is 10.0 Å². The lowest BCUT2D eigenvalue weighted by Crippen LogP contribution is -2.51. The number of aliphatic hydroxyl groups is 1. The number of amides is 1. The van der Waals surface area contributed by atoms with Gasteiger partial charge in [0.1, 0.15) is 6.17 Å². The quantitative estimate of drug-likeness (QED) is 0.851. The summed E-state index contributed by atoms with van der Waals surface area (Å²) in [5.74, 6) is 1.03. The van der Waals surface area contributed by atoms with E-state index in [1.807, 2.05) is 12.4 Å². The molecule has 3 atom stereocenters. The standard InChI is InChI=1S/C16H24FN3O2S2/c1-11-14(24-10-18-11)8-20-6-12(17)5-13(20)7-19(2)15(21)16(22)3-4-23-9-16/h10,12-13,22H,3-9H2,1-2H3/t12-,13-,16-/m0/s1. The number of thiazole rings is 1. The molecule has 134 valence electrons. The maximum atomic E-state index is 14.0. The van der Waals surface area contributed by atoms with Crippen molar-refractivity contribution in [2.45, 2.75) is 44.1 Å². The van der Waals surface area contributed by atoms with Gasteiger partial charge in [-0.3, -0.25) is 9.69 Å². The maximum Gasteiger partial charge on any atom is 0.255 e. The van der Waals surface area contributed by atoms with Gasteiger partial charge in [0.15, 0.2) is 5.60 Å². The molecule has 0 aliphatic carbocycles. The topological polar surface area (TPSA) is 56.7 Å². The van der Waals surface area contributed by atoms with Crippen molar-refractivity contribution in [3.63, 3.8) is 0 Å². The monoisotopic (exact) mass is 373 g/mol. The Balaban J connectivity index is 1.63. The highest BCUT2D eigenvalue weighted by atomic mass is 32.2. The first-order valence-electron chi connectivity index (χ1n) is 8.22. The van der Waals surface area contributed by atoms with E-state index in [0.29, 0.717) is 38.2 Å². The number of aromatic nitrogens is 1. The molecule has 1 N–H and O–H groups in total. The molecule has 2 fully saturated rings. The van der Waals surface area contributed by atoms with Gasteiger partial charge in [-0.15, -0.1) is 11.3 Å². The fourth-order valence-corrected chi connectivity index (χ4v) is 5.48. The highest BCUT2D eigenvalue weighted by Crippen LogP contribution is 2.30. The van der Waals surface area contributed by atoms with Gasteiger partial charge in [-0.25, -0.2) is 9.37 Å². The number of carbonyl (C=O) groups excluding carboxylic acids is 1. The van der Waals surface area contributed by atoms with Crippen LogP contribution in [-0.4, -0.2) is 75.3 Å². The molecule has 1 aromatic rings. The molecular weight excluding hydrogens is 349 g/mol. The highest BCUT2D eigenvalue weighted by Gasteiger charge is 2.42. The van der Waals surface area contributed by atoms with Crippen molar-refractivity contribution < 1.29 is 14.3 Å². The third kappa shape index (κ3) is 3.76. The molecular formula is C16H24FN3O2S2. The molecule has 0 spiro atoms.